The second-order valence-electron chi connectivity index (χ2n) is 8.22. The average Bonchev–Trinajstić information content (AvgIpc) is 3.38. The molecule has 3 N–H and O–H groups in total. The van der Waals surface area contributed by atoms with Gasteiger partial charge in [0, 0.05) is 28.9 Å². The zero-order chi connectivity index (χ0) is 23.0. The van der Waals surface area contributed by atoms with Crippen LogP contribution in [0.1, 0.15) is 23.2 Å². The number of hydrogen-bond acceptors (Lipinski definition) is 6. The minimum Gasteiger partial charge on any atom is -0.395 e. The molecule has 0 spiro atoms. The smallest absolute Gasteiger partial charge is 0.395 e. The number of benzene rings is 2. The van der Waals surface area contributed by atoms with Crippen LogP contribution >= 0.6 is 0 Å². The number of aromatic nitrogens is 2. The third-order valence-electron chi connectivity index (χ3n) is 5.77. The minimum atomic E-state index is -3.72. The highest BCUT2D eigenvalue weighted by atomic mass is 19.3. The van der Waals surface area contributed by atoms with Crippen molar-refractivity contribution in [2.45, 2.75) is 25.2 Å². The number of carbonyl (C=O) groups excluding carboxylic acids is 1. The number of halogens is 2. The standard InChI is InChI=1S/C23H23F2N5O3/c1-30-11-9-16(10-12-30)26-15-7-5-14(6-8-15)22(31)27-20-13-18(28-29-20)17-3-2-4-19-21(17)33-23(24,25)32-19/h2-8,13,16,26H,9-12H2,1H3,(H2,27,28,29,31). The van der Waals surface area contributed by atoms with E-state index in [-0.39, 0.29) is 23.2 Å². The van der Waals surface area contributed by atoms with Gasteiger partial charge in [0.2, 0.25) is 0 Å². The number of piperidine rings is 1. The number of nitrogens with zero attached hydrogens (tertiary/aromatic N) is 2. The van der Waals surface area contributed by atoms with Gasteiger partial charge in [-0.25, -0.2) is 0 Å². The number of aromatic amines is 1. The molecule has 1 saturated heterocycles. The fraction of sp³-hybridized carbons (Fsp3) is 0.304. The molecule has 1 aromatic heterocycles. The number of ether oxygens (including phenoxy) is 2. The Kier molecular flexibility index (Phi) is 5.37. The molecule has 2 aromatic carbocycles. The predicted molar refractivity (Wildman–Crippen MR) is 119 cm³/mol. The van der Waals surface area contributed by atoms with E-state index in [0.29, 0.717) is 22.9 Å². The Morgan fingerprint density at radius 1 is 1.15 bits per heavy atom. The predicted octanol–water partition coefficient (Wildman–Crippen LogP) is 4.16. The minimum absolute atomic E-state index is 0.0633. The van der Waals surface area contributed by atoms with Crippen LogP contribution in [0.3, 0.4) is 0 Å². The summed E-state index contributed by atoms with van der Waals surface area (Å²) in [5, 5.41) is 13.0. The lowest BCUT2D eigenvalue weighted by molar-refractivity contribution is -0.286. The number of likely N-dealkylation sites (tertiary alicyclic amines) is 1. The Bertz CT molecular complexity index is 1160. The first-order valence-corrected chi connectivity index (χ1v) is 10.7. The van der Waals surface area contributed by atoms with E-state index >= 15 is 0 Å². The van der Waals surface area contributed by atoms with E-state index in [1.165, 1.54) is 6.07 Å². The van der Waals surface area contributed by atoms with Crippen LogP contribution in [0.15, 0.2) is 48.5 Å². The zero-order valence-corrected chi connectivity index (χ0v) is 17.9. The Hall–Kier alpha value is -3.66. The maximum absolute atomic E-state index is 13.4. The summed E-state index contributed by atoms with van der Waals surface area (Å²) in [7, 11) is 2.12. The molecule has 2 aliphatic heterocycles. The summed E-state index contributed by atoms with van der Waals surface area (Å²) < 4.78 is 36.0. The van der Waals surface area contributed by atoms with Crippen molar-refractivity contribution in [2.75, 3.05) is 30.8 Å². The van der Waals surface area contributed by atoms with Gasteiger partial charge in [0.15, 0.2) is 17.3 Å². The van der Waals surface area contributed by atoms with Gasteiger partial charge in [-0.15, -0.1) is 8.78 Å². The normalized spacial score (nSPS) is 17.7. The molecule has 33 heavy (non-hydrogen) atoms. The van der Waals surface area contributed by atoms with E-state index in [4.69, 9.17) is 0 Å². The molecule has 0 atom stereocenters. The molecule has 10 heteroatoms. The van der Waals surface area contributed by atoms with E-state index in [1.807, 2.05) is 12.1 Å². The lowest BCUT2D eigenvalue weighted by atomic mass is 10.0. The Labute approximate surface area is 188 Å². The first-order valence-electron chi connectivity index (χ1n) is 10.7. The molecule has 1 fully saturated rings. The lowest BCUT2D eigenvalue weighted by Gasteiger charge is -2.30. The fourth-order valence-electron chi connectivity index (χ4n) is 4.00. The van der Waals surface area contributed by atoms with Crippen molar-refractivity contribution >= 4 is 17.4 Å². The third-order valence-corrected chi connectivity index (χ3v) is 5.77. The number of para-hydroxylation sites is 1. The molecule has 2 aliphatic rings. The van der Waals surface area contributed by atoms with Crippen LogP contribution < -0.4 is 20.1 Å². The molecule has 3 aromatic rings. The molecule has 0 saturated carbocycles. The maximum atomic E-state index is 13.4. The van der Waals surface area contributed by atoms with Gasteiger partial charge < -0.3 is 25.0 Å². The zero-order valence-electron chi connectivity index (χ0n) is 17.9. The summed E-state index contributed by atoms with van der Waals surface area (Å²) in [6.07, 6.45) is -1.55. The highest BCUT2D eigenvalue weighted by Crippen LogP contribution is 2.46. The summed E-state index contributed by atoms with van der Waals surface area (Å²) in [6.45, 7) is 2.13. The second kappa shape index (κ2) is 8.36. The molecule has 0 aliphatic carbocycles. The number of H-pyrrole nitrogens is 1. The monoisotopic (exact) mass is 455 g/mol. The summed E-state index contributed by atoms with van der Waals surface area (Å²) in [6, 6.07) is 13.8. The van der Waals surface area contributed by atoms with Crippen LogP contribution in [0.4, 0.5) is 20.3 Å². The van der Waals surface area contributed by atoms with E-state index < -0.39 is 6.29 Å². The number of nitrogens with one attached hydrogen (secondary N) is 3. The van der Waals surface area contributed by atoms with Crippen molar-refractivity contribution < 1.29 is 23.0 Å². The van der Waals surface area contributed by atoms with Crippen LogP contribution in [-0.2, 0) is 0 Å². The molecular weight excluding hydrogens is 432 g/mol. The van der Waals surface area contributed by atoms with Gasteiger partial charge in [-0.2, -0.15) is 5.10 Å². The average molecular weight is 455 g/mol. The van der Waals surface area contributed by atoms with E-state index in [9.17, 15) is 13.6 Å². The third kappa shape index (κ3) is 4.61. The Balaban J connectivity index is 1.23. The van der Waals surface area contributed by atoms with Crippen molar-refractivity contribution in [1.29, 1.82) is 0 Å². The number of amides is 1. The number of anilines is 2. The topological polar surface area (TPSA) is 91.5 Å². The summed E-state index contributed by atoms with van der Waals surface area (Å²) in [5.41, 5.74) is 2.20. The number of carbonyl (C=O) groups is 1. The van der Waals surface area contributed by atoms with Gasteiger partial charge >= 0.3 is 6.29 Å². The van der Waals surface area contributed by atoms with Crippen molar-refractivity contribution in [2.24, 2.45) is 0 Å². The van der Waals surface area contributed by atoms with Crippen LogP contribution in [0.5, 0.6) is 11.5 Å². The van der Waals surface area contributed by atoms with Crippen molar-refractivity contribution in [3.05, 3.63) is 54.1 Å². The number of rotatable bonds is 5. The van der Waals surface area contributed by atoms with Crippen LogP contribution in [0, 0.1) is 0 Å². The quantitative estimate of drug-likeness (QED) is 0.535. The fourth-order valence-corrected chi connectivity index (χ4v) is 4.00. The van der Waals surface area contributed by atoms with E-state index in [2.05, 4.69) is 42.3 Å². The van der Waals surface area contributed by atoms with Gasteiger partial charge in [0.05, 0.1) is 5.69 Å². The molecule has 8 nitrogen and oxygen atoms in total. The van der Waals surface area contributed by atoms with E-state index in [1.54, 1.807) is 30.3 Å². The molecule has 5 rings (SSSR count). The molecule has 0 radical (unpaired) electrons. The molecular formula is C23H23F2N5O3. The SMILES string of the molecule is CN1CCC(Nc2ccc(C(=O)Nc3cc(-c4cccc5c4OC(F)(F)O5)[nH]n3)cc2)CC1. The second-order valence-corrected chi connectivity index (χ2v) is 8.22. The summed E-state index contributed by atoms with van der Waals surface area (Å²) in [4.78, 5) is 14.9. The highest BCUT2D eigenvalue weighted by Gasteiger charge is 2.44. The van der Waals surface area contributed by atoms with E-state index in [0.717, 1.165) is 31.6 Å². The van der Waals surface area contributed by atoms with Gasteiger partial charge in [-0.1, -0.05) is 6.07 Å². The Morgan fingerprint density at radius 3 is 2.67 bits per heavy atom. The van der Waals surface area contributed by atoms with Crippen molar-refractivity contribution in [3.8, 4) is 22.8 Å². The van der Waals surface area contributed by atoms with Gasteiger partial charge in [-0.05, 0) is 69.4 Å². The molecule has 1 amide bonds. The Morgan fingerprint density at radius 2 is 1.91 bits per heavy atom. The maximum Gasteiger partial charge on any atom is 0.586 e. The van der Waals surface area contributed by atoms with Crippen molar-refractivity contribution in [3.63, 3.8) is 0 Å². The van der Waals surface area contributed by atoms with Crippen LogP contribution in [-0.4, -0.2) is 53.5 Å². The van der Waals surface area contributed by atoms with Gasteiger partial charge in [0.1, 0.15) is 0 Å². The first kappa shape index (κ1) is 21.2. The highest BCUT2D eigenvalue weighted by molar-refractivity contribution is 6.04. The molecule has 3 heterocycles. The molecule has 0 unspecified atom stereocenters. The van der Waals surface area contributed by atoms with Gasteiger partial charge in [0.25, 0.3) is 5.91 Å². The summed E-state index contributed by atoms with van der Waals surface area (Å²) in [5.74, 6) is -0.224. The van der Waals surface area contributed by atoms with Gasteiger partial charge in [-0.3, -0.25) is 9.89 Å². The molecule has 172 valence electrons. The largest absolute Gasteiger partial charge is 0.586 e. The lowest BCUT2D eigenvalue weighted by Crippen LogP contribution is -2.36. The van der Waals surface area contributed by atoms with Crippen LogP contribution in [0.25, 0.3) is 11.3 Å². The number of alkyl halides is 2. The summed E-state index contributed by atoms with van der Waals surface area (Å²) >= 11 is 0. The number of fused-ring (bicyclic) bond motifs is 1. The number of hydrogen-bond donors (Lipinski definition) is 3. The molecule has 0 bridgehead atoms. The van der Waals surface area contributed by atoms with Crippen molar-refractivity contribution in [1.82, 2.24) is 15.1 Å². The van der Waals surface area contributed by atoms with Crippen LogP contribution in [0.2, 0.25) is 0 Å². The first-order chi connectivity index (χ1) is 15.9.